The molecule has 0 aromatic rings. The summed E-state index contributed by atoms with van der Waals surface area (Å²) < 4.78 is 5.54. The molecule has 0 rings (SSSR count). The van der Waals surface area contributed by atoms with Gasteiger partial charge in [-0.1, -0.05) is 19.1 Å². The highest BCUT2D eigenvalue weighted by Gasteiger charge is 1.99. The van der Waals surface area contributed by atoms with E-state index in [-0.39, 0.29) is 0 Å². The lowest BCUT2D eigenvalue weighted by Gasteiger charge is -2.14. The second kappa shape index (κ2) is 11.6. The molecule has 0 bridgehead atoms. The summed E-state index contributed by atoms with van der Waals surface area (Å²) in [4.78, 5) is 6.62. The molecule has 0 spiro atoms. The van der Waals surface area contributed by atoms with Crippen LogP contribution in [0, 0.1) is 0 Å². The maximum Gasteiger partial charge on any atom is 0.115 e. The zero-order valence-electron chi connectivity index (χ0n) is 12.9. The Bertz CT molecular complexity index is 328. The number of hydrogen-bond donors (Lipinski definition) is 0. The number of aliphatic imine (C=N–C) groups is 1. The third-order valence-electron chi connectivity index (χ3n) is 2.41. The summed E-state index contributed by atoms with van der Waals surface area (Å²) in [7, 11) is 4.05. The predicted octanol–water partition coefficient (Wildman–Crippen LogP) is 3.80. The minimum Gasteiger partial charge on any atom is -0.494 e. The molecule has 0 atom stereocenters. The van der Waals surface area contributed by atoms with E-state index in [0.29, 0.717) is 6.61 Å². The van der Waals surface area contributed by atoms with Gasteiger partial charge in [-0.05, 0) is 31.9 Å². The van der Waals surface area contributed by atoms with Gasteiger partial charge in [0.1, 0.15) is 11.6 Å². The lowest BCUT2D eigenvalue weighted by Crippen LogP contribution is -2.21. The Kier molecular flexibility index (Phi) is 10.7. The van der Waals surface area contributed by atoms with Crippen LogP contribution in [0.4, 0.5) is 0 Å². The number of amidine groups is 1. The second-order valence-corrected chi connectivity index (χ2v) is 4.36. The third-order valence-corrected chi connectivity index (χ3v) is 2.41. The van der Waals surface area contributed by atoms with Gasteiger partial charge < -0.3 is 9.64 Å². The molecular weight excluding hydrogens is 236 g/mol. The highest BCUT2D eigenvalue weighted by Crippen LogP contribution is 2.04. The van der Waals surface area contributed by atoms with Crippen LogP contribution in [0.25, 0.3) is 0 Å². The molecule has 0 aliphatic carbocycles. The predicted molar refractivity (Wildman–Crippen MR) is 84.6 cm³/mol. The zero-order valence-corrected chi connectivity index (χ0v) is 12.9. The van der Waals surface area contributed by atoms with E-state index in [4.69, 9.17) is 4.74 Å². The number of ether oxygens (including phenoxy) is 1. The number of nitrogens with zero attached hydrogens (tertiary/aromatic N) is 2. The maximum absolute atomic E-state index is 5.54. The van der Waals surface area contributed by atoms with Crippen molar-refractivity contribution in [1.29, 1.82) is 0 Å². The van der Waals surface area contributed by atoms with Crippen LogP contribution in [-0.4, -0.2) is 38.0 Å². The first-order valence-corrected chi connectivity index (χ1v) is 6.96. The molecule has 0 fully saturated rings. The molecular formula is C16H28N2O. The Morgan fingerprint density at radius 1 is 1.32 bits per heavy atom. The smallest absolute Gasteiger partial charge is 0.115 e. The summed E-state index contributed by atoms with van der Waals surface area (Å²) in [5.74, 6) is 1.99. The summed E-state index contributed by atoms with van der Waals surface area (Å²) in [6.07, 6.45) is 10.7. The minimum atomic E-state index is 0.678. The lowest BCUT2D eigenvalue weighted by molar-refractivity contribution is 0.241. The normalized spacial score (nSPS) is 12.8. The van der Waals surface area contributed by atoms with Crippen LogP contribution >= 0.6 is 0 Å². The van der Waals surface area contributed by atoms with Crippen LogP contribution in [-0.2, 0) is 4.74 Å². The van der Waals surface area contributed by atoms with Crippen LogP contribution in [0.5, 0.6) is 0 Å². The molecule has 0 unspecified atom stereocenters. The van der Waals surface area contributed by atoms with Crippen molar-refractivity contribution in [3.8, 4) is 0 Å². The van der Waals surface area contributed by atoms with Crippen molar-refractivity contribution in [1.82, 2.24) is 4.90 Å². The molecule has 0 heterocycles. The van der Waals surface area contributed by atoms with E-state index >= 15 is 0 Å². The molecule has 3 heteroatoms. The molecule has 3 nitrogen and oxygen atoms in total. The first-order chi connectivity index (χ1) is 9.15. The molecule has 0 radical (unpaired) electrons. The van der Waals surface area contributed by atoms with E-state index in [0.717, 1.165) is 37.4 Å². The average molecular weight is 264 g/mol. The zero-order chi connectivity index (χ0) is 14.5. The topological polar surface area (TPSA) is 24.8 Å². The van der Waals surface area contributed by atoms with E-state index < -0.39 is 0 Å². The fourth-order valence-corrected chi connectivity index (χ4v) is 1.45. The fraction of sp³-hybridized carbons (Fsp3) is 0.562. The Morgan fingerprint density at radius 2 is 2.05 bits per heavy atom. The van der Waals surface area contributed by atoms with Crippen molar-refractivity contribution in [2.24, 2.45) is 4.99 Å². The van der Waals surface area contributed by atoms with Crippen LogP contribution in [0.1, 0.15) is 33.1 Å². The van der Waals surface area contributed by atoms with E-state index in [1.54, 1.807) is 0 Å². The van der Waals surface area contributed by atoms with Gasteiger partial charge in [0, 0.05) is 27.1 Å². The number of hydrogen-bond acceptors (Lipinski definition) is 2. The molecule has 0 aromatic carbocycles. The van der Waals surface area contributed by atoms with Crippen molar-refractivity contribution < 1.29 is 4.74 Å². The maximum atomic E-state index is 5.54. The van der Waals surface area contributed by atoms with Gasteiger partial charge in [0.05, 0.1) is 6.61 Å². The SMILES string of the molecule is C=CC/C=C(\C=C/CC(=NCCC)N(C)C)OCC. The quantitative estimate of drug-likeness (QED) is 0.208. The van der Waals surface area contributed by atoms with E-state index in [2.05, 4.69) is 29.5 Å². The standard InChI is InChI=1S/C16H28N2O/c1-6-9-11-15(19-8-3)12-10-13-16(18(4)5)17-14-7-2/h6,10-12H,1,7-9,13-14H2,2-5H3/b12-10-,15-11+,17-16?. The first-order valence-electron chi connectivity index (χ1n) is 6.96. The van der Waals surface area contributed by atoms with Crippen LogP contribution in [0.15, 0.2) is 41.6 Å². The summed E-state index contributed by atoms with van der Waals surface area (Å²) in [5, 5.41) is 0. The lowest BCUT2D eigenvalue weighted by atomic mass is 10.2. The summed E-state index contributed by atoms with van der Waals surface area (Å²) in [5.41, 5.74) is 0. The molecule has 0 aliphatic rings. The van der Waals surface area contributed by atoms with Crippen molar-refractivity contribution in [3.05, 3.63) is 36.6 Å². The number of allylic oxidation sites excluding steroid dienone is 3. The monoisotopic (exact) mass is 264 g/mol. The Labute approximate surface area is 118 Å². The van der Waals surface area contributed by atoms with Crippen molar-refractivity contribution >= 4 is 5.84 Å². The second-order valence-electron chi connectivity index (χ2n) is 4.36. The highest BCUT2D eigenvalue weighted by atomic mass is 16.5. The van der Waals surface area contributed by atoms with Gasteiger partial charge in [0.15, 0.2) is 0 Å². The van der Waals surface area contributed by atoms with E-state index in [1.165, 1.54) is 0 Å². The first kappa shape index (κ1) is 17.5. The molecule has 0 aromatic heterocycles. The van der Waals surface area contributed by atoms with E-state index in [1.807, 2.05) is 39.2 Å². The fourth-order valence-electron chi connectivity index (χ4n) is 1.45. The molecule has 0 aliphatic heterocycles. The van der Waals surface area contributed by atoms with Crippen LogP contribution in [0.2, 0.25) is 0 Å². The molecule has 108 valence electrons. The Balaban J connectivity index is 4.53. The minimum absolute atomic E-state index is 0.678. The highest BCUT2D eigenvalue weighted by molar-refractivity contribution is 5.83. The van der Waals surface area contributed by atoms with Gasteiger partial charge in [-0.2, -0.15) is 0 Å². The summed E-state index contributed by atoms with van der Waals surface area (Å²) in [6.45, 7) is 9.39. The molecule has 0 amide bonds. The van der Waals surface area contributed by atoms with Crippen molar-refractivity contribution in [2.75, 3.05) is 27.2 Å². The van der Waals surface area contributed by atoms with E-state index in [9.17, 15) is 0 Å². The Morgan fingerprint density at radius 3 is 2.58 bits per heavy atom. The number of rotatable bonds is 9. The van der Waals surface area contributed by atoms with Gasteiger partial charge in [0.2, 0.25) is 0 Å². The third kappa shape index (κ3) is 9.11. The van der Waals surface area contributed by atoms with Crippen molar-refractivity contribution in [3.63, 3.8) is 0 Å². The molecule has 0 saturated heterocycles. The molecule has 19 heavy (non-hydrogen) atoms. The van der Waals surface area contributed by atoms with Gasteiger partial charge >= 0.3 is 0 Å². The molecule has 0 saturated carbocycles. The van der Waals surface area contributed by atoms with Gasteiger partial charge in [-0.15, -0.1) is 6.58 Å². The summed E-state index contributed by atoms with van der Waals surface area (Å²) in [6, 6.07) is 0. The van der Waals surface area contributed by atoms with Gasteiger partial charge in [-0.25, -0.2) is 0 Å². The van der Waals surface area contributed by atoms with Gasteiger partial charge in [-0.3, -0.25) is 4.99 Å². The Hall–Kier alpha value is -1.51. The van der Waals surface area contributed by atoms with Gasteiger partial charge in [0.25, 0.3) is 0 Å². The molecule has 0 N–H and O–H groups in total. The van der Waals surface area contributed by atoms with Crippen LogP contribution in [0.3, 0.4) is 0 Å². The summed E-state index contributed by atoms with van der Waals surface area (Å²) >= 11 is 0. The average Bonchev–Trinajstić information content (AvgIpc) is 2.39. The van der Waals surface area contributed by atoms with Crippen molar-refractivity contribution in [2.45, 2.75) is 33.1 Å². The van der Waals surface area contributed by atoms with Crippen LogP contribution < -0.4 is 0 Å². The largest absolute Gasteiger partial charge is 0.494 e.